The summed E-state index contributed by atoms with van der Waals surface area (Å²) in [5.74, 6) is -0.157. The van der Waals surface area contributed by atoms with E-state index in [9.17, 15) is 4.79 Å². The van der Waals surface area contributed by atoms with Gasteiger partial charge >= 0.3 is 5.97 Å². The number of carbonyl (C=O) groups is 1. The summed E-state index contributed by atoms with van der Waals surface area (Å²) < 4.78 is 16.0. The van der Waals surface area contributed by atoms with Crippen molar-refractivity contribution in [3.05, 3.63) is 0 Å². The molecule has 0 N–H and O–H groups in total. The molecule has 0 heterocycles. The van der Waals surface area contributed by atoms with Crippen LogP contribution in [0, 0.1) is 0 Å². The van der Waals surface area contributed by atoms with Crippen molar-refractivity contribution in [2.75, 3.05) is 46.1 Å². The summed E-state index contributed by atoms with van der Waals surface area (Å²) in [7, 11) is 0. The van der Waals surface area contributed by atoms with Crippen molar-refractivity contribution in [2.24, 2.45) is 0 Å². The summed E-state index contributed by atoms with van der Waals surface area (Å²) in [4.78, 5) is 13.9. The maximum absolute atomic E-state index is 11.7. The molecule has 0 aliphatic rings. The Balaban J connectivity index is 4.02. The molecule has 0 saturated heterocycles. The highest BCUT2D eigenvalue weighted by atomic mass is 16.6. The summed E-state index contributed by atoms with van der Waals surface area (Å²) in [6.07, 6.45) is 0.398. The molecule has 120 valence electrons. The van der Waals surface area contributed by atoms with Gasteiger partial charge in [0.25, 0.3) is 0 Å². The van der Waals surface area contributed by atoms with E-state index in [1.165, 1.54) is 0 Å². The maximum Gasteiger partial charge on any atom is 0.307 e. The number of hydrogen-bond donors (Lipinski definition) is 0. The maximum atomic E-state index is 11.7. The van der Waals surface area contributed by atoms with E-state index in [0.717, 1.165) is 13.1 Å². The minimum Gasteiger partial charge on any atom is -0.460 e. The zero-order chi connectivity index (χ0) is 15.4. The summed E-state index contributed by atoms with van der Waals surface area (Å²) in [5.41, 5.74) is -0.418. The zero-order valence-corrected chi connectivity index (χ0v) is 13.7. The van der Waals surface area contributed by atoms with E-state index in [1.807, 2.05) is 34.6 Å². The third kappa shape index (κ3) is 12.4. The second-order valence-corrected chi connectivity index (χ2v) is 5.57. The first-order valence-corrected chi connectivity index (χ1v) is 7.48. The van der Waals surface area contributed by atoms with E-state index in [-0.39, 0.29) is 5.97 Å². The fourth-order valence-electron chi connectivity index (χ4n) is 1.65. The third-order valence-corrected chi connectivity index (χ3v) is 2.56. The molecule has 0 fully saturated rings. The second-order valence-electron chi connectivity index (χ2n) is 5.57. The Morgan fingerprint density at radius 1 is 0.950 bits per heavy atom. The van der Waals surface area contributed by atoms with Gasteiger partial charge in [0.15, 0.2) is 0 Å². The Morgan fingerprint density at radius 3 is 1.85 bits per heavy atom. The Bertz CT molecular complexity index is 241. The van der Waals surface area contributed by atoms with Crippen LogP contribution in [0.3, 0.4) is 0 Å². The molecule has 0 atom stereocenters. The van der Waals surface area contributed by atoms with E-state index in [4.69, 9.17) is 14.2 Å². The molecule has 5 nitrogen and oxygen atoms in total. The molecule has 0 rings (SSSR count). The first-order valence-electron chi connectivity index (χ1n) is 7.48. The van der Waals surface area contributed by atoms with E-state index in [0.29, 0.717) is 39.4 Å². The van der Waals surface area contributed by atoms with Crippen molar-refractivity contribution >= 4 is 5.97 Å². The monoisotopic (exact) mass is 289 g/mol. The average Bonchev–Trinajstić information content (AvgIpc) is 2.33. The molecule has 0 aliphatic heterocycles. The highest BCUT2D eigenvalue weighted by Gasteiger charge is 2.17. The highest BCUT2D eigenvalue weighted by Crippen LogP contribution is 2.08. The SMILES string of the molecule is CCOCCN(CCOCC)CCC(=O)OC(C)(C)C. The van der Waals surface area contributed by atoms with Gasteiger partial charge in [-0.2, -0.15) is 0 Å². The summed E-state index contributed by atoms with van der Waals surface area (Å²) in [5, 5.41) is 0. The molecular formula is C15H31NO4. The van der Waals surface area contributed by atoms with Gasteiger partial charge in [-0.1, -0.05) is 0 Å². The molecule has 0 unspecified atom stereocenters. The Labute approximate surface area is 123 Å². The fraction of sp³-hybridized carbons (Fsp3) is 0.933. The van der Waals surface area contributed by atoms with Crippen LogP contribution in [-0.4, -0.2) is 62.5 Å². The van der Waals surface area contributed by atoms with Gasteiger partial charge in [-0.25, -0.2) is 0 Å². The predicted molar refractivity (Wildman–Crippen MR) is 79.9 cm³/mol. The van der Waals surface area contributed by atoms with Crippen LogP contribution in [0.2, 0.25) is 0 Å². The highest BCUT2D eigenvalue weighted by molar-refractivity contribution is 5.70. The lowest BCUT2D eigenvalue weighted by Gasteiger charge is -2.23. The predicted octanol–water partition coefficient (Wildman–Crippen LogP) is 2.09. The zero-order valence-electron chi connectivity index (χ0n) is 13.7. The quantitative estimate of drug-likeness (QED) is 0.430. The number of carbonyl (C=O) groups excluding carboxylic acids is 1. The van der Waals surface area contributed by atoms with Crippen LogP contribution in [0.1, 0.15) is 41.0 Å². The number of ether oxygens (including phenoxy) is 3. The molecule has 0 radical (unpaired) electrons. The minimum absolute atomic E-state index is 0.157. The number of rotatable bonds is 11. The molecule has 0 aromatic carbocycles. The van der Waals surface area contributed by atoms with Crippen molar-refractivity contribution in [1.29, 1.82) is 0 Å². The van der Waals surface area contributed by atoms with Gasteiger partial charge in [-0.05, 0) is 34.6 Å². The number of nitrogens with zero attached hydrogens (tertiary/aromatic N) is 1. The molecule has 0 bridgehead atoms. The molecule has 20 heavy (non-hydrogen) atoms. The lowest BCUT2D eigenvalue weighted by atomic mass is 10.2. The lowest BCUT2D eigenvalue weighted by molar-refractivity contribution is -0.155. The molecule has 0 spiro atoms. The molecule has 0 aromatic rings. The first-order chi connectivity index (χ1) is 9.39. The van der Waals surface area contributed by atoms with Crippen LogP contribution in [0.25, 0.3) is 0 Å². The van der Waals surface area contributed by atoms with E-state index >= 15 is 0 Å². The fourth-order valence-corrected chi connectivity index (χ4v) is 1.65. The smallest absolute Gasteiger partial charge is 0.307 e. The number of hydrogen-bond acceptors (Lipinski definition) is 5. The second kappa shape index (κ2) is 11.1. The van der Waals surface area contributed by atoms with Gasteiger partial charge in [0.05, 0.1) is 19.6 Å². The molecular weight excluding hydrogens is 258 g/mol. The first kappa shape index (κ1) is 19.4. The van der Waals surface area contributed by atoms with Gasteiger partial charge in [0.2, 0.25) is 0 Å². The molecule has 0 aliphatic carbocycles. The van der Waals surface area contributed by atoms with Gasteiger partial charge in [-0.3, -0.25) is 9.69 Å². The van der Waals surface area contributed by atoms with Gasteiger partial charge in [0, 0.05) is 32.8 Å². The summed E-state index contributed by atoms with van der Waals surface area (Å²) in [6.45, 7) is 14.7. The normalized spacial score (nSPS) is 11.9. The molecule has 0 aromatic heterocycles. The Kier molecular flexibility index (Phi) is 10.7. The summed E-state index contributed by atoms with van der Waals surface area (Å²) in [6, 6.07) is 0. The molecule has 0 amide bonds. The van der Waals surface area contributed by atoms with Gasteiger partial charge < -0.3 is 14.2 Å². The van der Waals surface area contributed by atoms with Crippen LogP contribution >= 0.6 is 0 Å². The van der Waals surface area contributed by atoms with Crippen molar-refractivity contribution in [1.82, 2.24) is 4.90 Å². The van der Waals surface area contributed by atoms with E-state index in [2.05, 4.69) is 4.90 Å². The number of esters is 1. The van der Waals surface area contributed by atoms with Gasteiger partial charge in [-0.15, -0.1) is 0 Å². The van der Waals surface area contributed by atoms with E-state index < -0.39 is 5.60 Å². The van der Waals surface area contributed by atoms with Gasteiger partial charge in [0.1, 0.15) is 5.60 Å². The van der Waals surface area contributed by atoms with Crippen LogP contribution in [0.5, 0.6) is 0 Å². The molecule has 0 saturated carbocycles. The van der Waals surface area contributed by atoms with Crippen molar-refractivity contribution in [3.8, 4) is 0 Å². The van der Waals surface area contributed by atoms with Crippen LogP contribution < -0.4 is 0 Å². The average molecular weight is 289 g/mol. The molecule has 5 heteroatoms. The summed E-state index contributed by atoms with van der Waals surface area (Å²) >= 11 is 0. The standard InChI is InChI=1S/C15H31NO4/c1-6-18-12-10-16(11-13-19-7-2)9-8-14(17)20-15(3,4)5/h6-13H2,1-5H3. The largest absolute Gasteiger partial charge is 0.460 e. The minimum atomic E-state index is -0.418. The lowest BCUT2D eigenvalue weighted by Crippen LogP contribution is -2.34. The van der Waals surface area contributed by atoms with Crippen molar-refractivity contribution < 1.29 is 19.0 Å². The topological polar surface area (TPSA) is 48.0 Å². The van der Waals surface area contributed by atoms with Crippen molar-refractivity contribution in [2.45, 2.75) is 46.6 Å². The van der Waals surface area contributed by atoms with Crippen LogP contribution in [-0.2, 0) is 19.0 Å². The van der Waals surface area contributed by atoms with Crippen molar-refractivity contribution in [3.63, 3.8) is 0 Å². The van der Waals surface area contributed by atoms with Crippen LogP contribution in [0.15, 0.2) is 0 Å². The van der Waals surface area contributed by atoms with Crippen LogP contribution in [0.4, 0.5) is 0 Å². The Morgan fingerprint density at radius 2 is 1.45 bits per heavy atom. The van der Waals surface area contributed by atoms with E-state index in [1.54, 1.807) is 0 Å². The third-order valence-electron chi connectivity index (χ3n) is 2.56. The Hall–Kier alpha value is -0.650.